The normalized spacial score (nSPS) is 12.7. The molecule has 2 N–H and O–H groups in total. The summed E-state index contributed by atoms with van der Waals surface area (Å²) in [5.74, 6) is -0.758. The molecule has 3 nitrogen and oxygen atoms in total. The van der Waals surface area contributed by atoms with E-state index in [2.05, 4.69) is 5.32 Å². The van der Waals surface area contributed by atoms with Gasteiger partial charge in [0.2, 0.25) is 0 Å². The molecule has 1 unspecified atom stereocenters. The lowest BCUT2D eigenvalue weighted by Crippen LogP contribution is -2.27. The minimum absolute atomic E-state index is 0.0274. The van der Waals surface area contributed by atoms with Crippen molar-refractivity contribution in [2.45, 2.75) is 25.9 Å². The van der Waals surface area contributed by atoms with Crippen molar-refractivity contribution in [2.24, 2.45) is 0 Å². The van der Waals surface area contributed by atoms with Gasteiger partial charge in [0.1, 0.15) is 0 Å². The Kier molecular flexibility index (Phi) is 3.92. The highest BCUT2D eigenvalue weighted by Crippen LogP contribution is 2.08. The van der Waals surface area contributed by atoms with Crippen molar-refractivity contribution < 1.29 is 9.90 Å². The van der Waals surface area contributed by atoms with Gasteiger partial charge >= 0.3 is 5.97 Å². The van der Waals surface area contributed by atoms with Crippen molar-refractivity contribution in [3.63, 3.8) is 0 Å². The molecule has 13 heavy (non-hydrogen) atoms. The van der Waals surface area contributed by atoms with E-state index in [0.29, 0.717) is 0 Å². The summed E-state index contributed by atoms with van der Waals surface area (Å²) in [6.45, 7) is 2.63. The maximum Gasteiger partial charge on any atom is 0.304 e. The summed E-state index contributed by atoms with van der Waals surface area (Å²) in [6.07, 6.45) is 0.172. The fourth-order valence-corrected chi connectivity index (χ4v) is 1.68. The van der Waals surface area contributed by atoms with Gasteiger partial charge in [0.05, 0.1) is 6.42 Å². The fourth-order valence-electron chi connectivity index (χ4n) is 1.02. The Hall–Kier alpha value is -0.870. The molecule has 0 radical (unpaired) electrons. The Morgan fingerprint density at radius 2 is 2.54 bits per heavy atom. The highest BCUT2D eigenvalue weighted by Gasteiger charge is 2.06. The van der Waals surface area contributed by atoms with Gasteiger partial charge in [-0.3, -0.25) is 4.79 Å². The fraction of sp³-hybridized carbons (Fsp3) is 0.444. The van der Waals surface area contributed by atoms with Gasteiger partial charge in [0, 0.05) is 17.5 Å². The molecular weight excluding hydrogens is 186 g/mol. The third-order valence-corrected chi connectivity index (χ3v) is 2.56. The molecule has 0 aliphatic carbocycles. The molecule has 1 heterocycles. The third-order valence-electron chi connectivity index (χ3n) is 1.69. The van der Waals surface area contributed by atoms with Crippen LogP contribution < -0.4 is 5.32 Å². The van der Waals surface area contributed by atoms with Gasteiger partial charge in [0.25, 0.3) is 0 Å². The molecule has 0 saturated heterocycles. The summed E-state index contributed by atoms with van der Waals surface area (Å²) >= 11 is 1.67. The van der Waals surface area contributed by atoms with Gasteiger partial charge in [-0.1, -0.05) is 6.07 Å². The van der Waals surface area contributed by atoms with Gasteiger partial charge in [-0.25, -0.2) is 0 Å². The third kappa shape index (κ3) is 4.05. The predicted molar refractivity (Wildman–Crippen MR) is 52.9 cm³/mol. The Bertz CT molecular complexity index is 259. The van der Waals surface area contributed by atoms with Crippen LogP contribution in [0.4, 0.5) is 0 Å². The van der Waals surface area contributed by atoms with Crippen molar-refractivity contribution in [1.29, 1.82) is 0 Å². The number of carboxylic acid groups (broad SMARTS) is 1. The van der Waals surface area contributed by atoms with Gasteiger partial charge in [0.15, 0.2) is 0 Å². The summed E-state index contributed by atoms with van der Waals surface area (Å²) < 4.78 is 0. The molecule has 4 heteroatoms. The molecular formula is C9H13NO2S. The van der Waals surface area contributed by atoms with Crippen LogP contribution in [-0.4, -0.2) is 17.1 Å². The van der Waals surface area contributed by atoms with Gasteiger partial charge in [-0.05, 0) is 18.4 Å². The molecule has 0 bridgehead atoms. The van der Waals surface area contributed by atoms with E-state index in [-0.39, 0.29) is 12.5 Å². The highest BCUT2D eigenvalue weighted by molar-refractivity contribution is 7.09. The molecule has 1 rings (SSSR count). The second kappa shape index (κ2) is 4.99. The van der Waals surface area contributed by atoms with Gasteiger partial charge in [-0.2, -0.15) is 0 Å². The highest BCUT2D eigenvalue weighted by atomic mass is 32.1. The van der Waals surface area contributed by atoms with Crippen molar-refractivity contribution in [3.05, 3.63) is 22.4 Å². The molecule has 1 atom stereocenters. The number of nitrogens with one attached hydrogen (secondary N) is 1. The Morgan fingerprint density at radius 3 is 3.08 bits per heavy atom. The number of rotatable bonds is 5. The quantitative estimate of drug-likeness (QED) is 0.759. The van der Waals surface area contributed by atoms with Crippen LogP contribution in [0.15, 0.2) is 17.5 Å². The average molecular weight is 199 g/mol. The lowest BCUT2D eigenvalue weighted by molar-refractivity contribution is -0.137. The summed E-state index contributed by atoms with van der Waals surface area (Å²) in [5, 5.41) is 13.7. The minimum Gasteiger partial charge on any atom is -0.481 e. The van der Waals surface area contributed by atoms with E-state index in [1.54, 1.807) is 11.3 Å². The molecule has 0 aliphatic rings. The molecule has 1 aromatic rings. The zero-order chi connectivity index (χ0) is 9.68. The summed E-state index contributed by atoms with van der Waals surface area (Å²) in [7, 11) is 0. The van der Waals surface area contributed by atoms with Crippen LogP contribution in [-0.2, 0) is 11.3 Å². The second-order valence-electron chi connectivity index (χ2n) is 2.96. The number of thiophene rings is 1. The molecule has 0 amide bonds. The maximum atomic E-state index is 10.3. The Labute approximate surface area is 81.4 Å². The standard InChI is InChI=1S/C9H13NO2S/c1-7(5-9(11)12)10-6-8-3-2-4-13-8/h2-4,7,10H,5-6H2,1H3,(H,11,12). The zero-order valence-corrected chi connectivity index (χ0v) is 8.30. The topological polar surface area (TPSA) is 49.3 Å². The molecule has 1 aromatic heterocycles. The van der Waals surface area contributed by atoms with E-state index in [1.807, 2.05) is 24.4 Å². The minimum atomic E-state index is -0.758. The lowest BCUT2D eigenvalue weighted by atomic mass is 10.2. The summed E-state index contributed by atoms with van der Waals surface area (Å²) in [5.41, 5.74) is 0. The lowest BCUT2D eigenvalue weighted by Gasteiger charge is -2.09. The van der Waals surface area contributed by atoms with E-state index in [0.717, 1.165) is 6.54 Å². The first-order chi connectivity index (χ1) is 6.18. The maximum absolute atomic E-state index is 10.3. The molecule has 72 valence electrons. The Morgan fingerprint density at radius 1 is 1.77 bits per heavy atom. The van der Waals surface area contributed by atoms with Crippen LogP contribution in [0, 0.1) is 0 Å². The van der Waals surface area contributed by atoms with Crippen molar-refractivity contribution >= 4 is 17.3 Å². The predicted octanol–water partition coefficient (Wildman–Crippen LogP) is 1.70. The zero-order valence-electron chi connectivity index (χ0n) is 7.49. The van der Waals surface area contributed by atoms with Crippen LogP contribution in [0.1, 0.15) is 18.2 Å². The smallest absolute Gasteiger partial charge is 0.304 e. The van der Waals surface area contributed by atoms with E-state index in [4.69, 9.17) is 5.11 Å². The van der Waals surface area contributed by atoms with Crippen LogP contribution >= 0.6 is 11.3 Å². The van der Waals surface area contributed by atoms with E-state index in [9.17, 15) is 4.79 Å². The van der Waals surface area contributed by atoms with E-state index in [1.165, 1.54) is 4.88 Å². The van der Waals surface area contributed by atoms with Crippen molar-refractivity contribution in [2.75, 3.05) is 0 Å². The van der Waals surface area contributed by atoms with Gasteiger partial charge < -0.3 is 10.4 Å². The summed E-state index contributed by atoms with van der Waals surface area (Å²) in [4.78, 5) is 11.6. The SMILES string of the molecule is CC(CC(=O)O)NCc1cccs1. The van der Waals surface area contributed by atoms with Crippen LogP contribution in [0.2, 0.25) is 0 Å². The second-order valence-corrected chi connectivity index (χ2v) is 3.99. The monoisotopic (exact) mass is 199 g/mol. The molecule has 0 spiro atoms. The number of hydrogen-bond acceptors (Lipinski definition) is 3. The summed E-state index contributed by atoms with van der Waals surface area (Å²) in [6, 6.07) is 4.05. The number of aliphatic carboxylic acids is 1. The number of carboxylic acids is 1. The Balaban J connectivity index is 2.22. The van der Waals surface area contributed by atoms with Crippen LogP contribution in [0.3, 0.4) is 0 Å². The first kappa shape index (κ1) is 10.2. The molecule has 0 aliphatic heterocycles. The van der Waals surface area contributed by atoms with Gasteiger partial charge in [-0.15, -0.1) is 11.3 Å². The molecule has 0 fully saturated rings. The first-order valence-corrected chi connectivity index (χ1v) is 5.04. The van der Waals surface area contributed by atoms with Crippen molar-refractivity contribution in [1.82, 2.24) is 5.32 Å². The number of hydrogen-bond donors (Lipinski definition) is 2. The van der Waals surface area contributed by atoms with E-state index >= 15 is 0 Å². The number of carbonyl (C=O) groups is 1. The average Bonchev–Trinajstić information content (AvgIpc) is 2.51. The molecule has 0 aromatic carbocycles. The largest absolute Gasteiger partial charge is 0.481 e. The first-order valence-electron chi connectivity index (χ1n) is 4.16. The van der Waals surface area contributed by atoms with Crippen molar-refractivity contribution in [3.8, 4) is 0 Å². The van der Waals surface area contributed by atoms with E-state index < -0.39 is 5.97 Å². The van der Waals surface area contributed by atoms with Crippen LogP contribution in [0.25, 0.3) is 0 Å². The van der Waals surface area contributed by atoms with Crippen LogP contribution in [0.5, 0.6) is 0 Å². The molecule has 0 saturated carbocycles.